The number of benzene rings is 2. The van der Waals surface area contributed by atoms with Gasteiger partial charge in [0.05, 0.1) is 28.0 Å². The molecule has 0 radical (unpaired) electrons. The maximum atomic E-state index is 13.8. The van der Waals surface area contributed by atoms with Gasteiger partial charge in [-0.1, -0.05) is 18.2 Å². The molecule has 33 heavy (non-hydrogen) atoms. The van der Waals surface area contributed by atoms with E-state index in [4.69, 9.17) is 0 Å². The van der Waals surface area contributed by atoms with Crippen LogP contribution in [0.1, 0.15) is 28.9 Å². The number of carbonyl (C=O) groups is 1. The van der Waals surface area contributed by atoms with Crippen LogP contribution in [0.3, 0.4) is 0 Å². The molecule has 1 aliphatic heterocycles. The van der Waals surface area contributed by atoms with Crippen LogP contribution in [-0.4, -0.2) is 46.6 Å². The normalized spacial score (nSPS) is 15.0. The van der Waals surface area contributed by atoms with Crippen molar-refractivity contribution in [2.75, 3.05) is 18.4 Å². The topological polar surface area (TPSA) is 105 Å². The first-order chi connectivity index (χ1) is 15.6. The fourth-order valence-electron chi connectivity index (χ4n) is 3.60. The summed E-state index contributed by atoms with van der Waals surface area (Å²) < 4.78 is 68.9. The largest absolute Gasteiger partial charge is 0.506 e. The van der Waals surface area contributed by atoms with E-state index in [1.807, 2.05) is 0 Å². The summed E-state index contributed by atoms with van der Waals surface area (Å²) in [7, 11) is -3.87. The lowest BCUT2D eigenvalue weighted by atomic mass is 10.2. The molecule has 1 fully saturated rings. The van der Waals surface area contributed by atoms with Gasteiger partial charge in [-0.15, -0.1) is 0 Å². The highest BCUT2D eigenvalue weighted by Gasteiger charge is 2.40. The van der Waals surface area contributed by atoms with Crippen LogP contribution in [0.25, 0.3) is 5.69 Å². The Bertz CT molecular complexity index is 1280. The Balaban J connectivity index is 1.69. The Morgan fingerprint density at radius 2 is 1.73 bits per heavy atom. The maximum Gasteiger partial charge on any atom is 0.434 e. The minimum Gasteiger partial charge on any atom is -0.506 e. The van der Waals surface area contributed by atoms with Crippen LogP contribution in [0.4, 0.5) is 18.9 Å². The zero-order valence-corrected chi connectivity index (χ0v) is 17.9. The smallest absolute Gasteiger partial charge is 0.434 e. The number of hydrogen-bond acceptors (Lipinski definition) is 5. The first-order valence-corrected chi connectivity index (χ1v) is 11.4. The van der Waals surface area contributed by atoms with Gasteiger partial charge in [-0.25, -0.2) is 13.1 Å². The van der Waals surface area contributed by atoms with E-state index < -0.39 is 39.1 Å². The van der Waals surface area contributed by atoms with Crippen LogP contribution in [0.15, 0.2) is 59.6 Å². The lowest BCUT2D eigenvalue weighted by molar-refractivity contribution is -0.143. The molecule has 1 saturated heterocycles. The average Bonchev–Trinajstić information content (AvgIpc) is 3.46. The standard InChI is InChI=1S/C21H19F3N4O4S/c22-21(23,24)19-16(13-25-28(19)14-6-2-1-3-7-14)20(30)26-17-12-15(8-9-18(17)29)33(31,32)27-10-4-5-11-27/h1-3,6-9,12-13,29H,4-5,10-11H2,(H,26,30). The van der Waals surface area contributed by atoms with Gasteiger partial charge in [0.15, 0.2) is 5.69 Å². The molecule has 0 spiro atoms. The Morgan fingerprint density at radius 3 is 2.36 bits per heavy atom. The molecule has 1 amide bonds. The van der Waals surface area contributed by atoms with Gasteiger partial charge >= 0.3 is 6.18 Å². The Morgan fingerprint density at radius 1 is 1.06 bits per heavy atom. The lowest BCUT2D eigenvalue weighted by Crippen LogP contribution is -2.28. The number of rotatable bonds is 5. The number of aromatic nitrogens is 2. The van der Waals surface area contributed by atoms with Crippen molar-refractivity contribution in [3.63, 3.8) is 0 Å². The zero-order chi connectivity index (χ0) is 23.8. The first-order valence-electron chi connectivity index (χ1n) is 9.94. The van der Waals surface area contributed by atoms with Gasteiger partial charge in [0, 0.05) is 13.1 Å². The van der Waals surface area contributed by atoms with Crippen molar-refractivity contribution in [3.8, 4) is 11.4 Å². The Hall–Kier alpha value is -3.38. The number of aromatic hydroxyl groups is 1. The van der Waals surface area contributed by atoms with Gasteiger partial charge in [-0.05, 0) is 43.2 Å². The van der Waals surface area contributed by atoms with E-state index in [9.17, 15) is 31.5 Å². The van der Waals surface area contributed by atoms with Gasteiger partial charge < -0.3 is 10.4 Å². The van der Waals surface area contributed by atoms with Crippen molar-refractivity contribution < 1.29 is 31.5 Å². The number of sulfonamides is 1. The maximum absolute atomic E-state index is 13.8. The molecule has 174 valence electrons. The third-order valence-electron chi connectivity index (χ3n) is 5.20. The molecule has 12 heteroatoms. The number of phenols is 1. The molecule has 2 aromatic carbocycles. The predicted octanol–water partition coefficient (Wildman–Crippen LogP) is 3.63. The number of hydrogen-bond donors (Lipinski definition) is 2. The fourth-order valence-corrected chi connectivity index (χ4v) is 5.14. The highest BCUT2D eigenvalue weighted by atomic mass is 32.2. The van der Waals surface area contributed by atoms with Gasteiger partial charge in [0.1, 0.15) is 5.75 Å². The monoisotopic (exact) mass is 480 g/mol. The summed E-state index contributed by atoms with van der Waals surface area (Å²) in [5.41, 5.74) is -2.31. The van der Waals surface area contributed by atoms with Crippen LogP contribution >= 0.6 is 0 Å². The van der Waals surface area contributed by atoms with Crippen molar-refractivity contribution in [2.24, 2.45) is 0 Å². The molecule has 0 bridgehead atoms. The molecule has 2 N–H and O–H groups in total. The molecule has 3 aromatic rings. The number of phenolic OH excluding ortho intramolecular Hbond substituents is 1. The molecule has 8 nitrogen and oxygen atoms in total. The zero-order valence-electron chi connectivity index (χ0n) is 17.1. The molecule has 0 atom stereocenters. The SMILES string of the molecule is O=C(Nc1cc(S(=O)(=O)N2CCCC2)ccc1O)c1cnn(-c2ccccc2)c1C(F)(F)F. The van der Waals surface area contributed by atoms with E-state index in [0.29, 0.717) is 30.6 Å². The van der Waals surface area contributed by atoms with Crippen LogP contribution in [0.5, 0.6) is 5.75 Å². The predicted molar refractivity (Wildman–Crippen MR) is 113 cm³/mol. The van der Waals surface area contributed by atoms with E-state index >= 15 is 0 Å². The van der Waals surface area contributed by atoms with Crippen LogP contribution in [0, 0.1) is 0 Å². The lowest BCUT2D eigenvalue weighted by Gasteiger charge is -2.17. The highest BCUT2D eigenvalue weighted by Crippen LogP contribution is 2.35. The summed E-state index contributed by atoms with van der Waals surface area (Å²) in [4.78, 5) is 12.6. The number of nitrogens with zero attached hydrogens (tertiary/aromatic N) is 3. The van der Waals surface area contributed by atoms with Crippen molar-refractivity contribution >= 4 is 21.6 Å². The minimum atomic E-state index is -4.91. The molecule has 0 saturated carbocycles. The number of alkyl halides is 3. The van der Waals surface area contributed by atoms with Crippen molar-refractivity contribution in [2.45, 2.75) is 23.9 Å². The highest BCUT2D eigenvalue weighted by molar-refractivity contribution is 7.89. The van der Waals surface area contributed by atoms with Gasteiger partial charge in [-0.3, -0.25) is 4.79 Å². The van der Waals surface area contributed by atoms with E-state index in [-0.39, 0.29) is 16.3 Å². The Kier molecular flexibility index (Phi) is 5.89. The molecular formula is C21H19F3N4O4S. The average molecular weight is 480 g/mol. The van der Waals surface area contributed by atoms with E-state index in [2.05, 4.69) is 10.4 Å². The quantitative estimate of drug-likeness (QED) is 0.543. The summed E-state index contributed by atoms with van der Waals surface area (Å²) in [5.74, 6) is -1.69. The molecule has 0 unspecified atom stereocenters. The molecule has 1 aromatic heterocycles. The third-order valence-corrected chi connectivity index (χ3v) is 7.10. The number of nitrogens with one attached hydrogen (secondary N) is 1. The van der Waals surface area contributed by atoms with Crippen LogP contribution < -0.4 is 5.32 Å². The molecule has 0 aliphatic carbocycles. The van der Waals surface area contributed by atoms with E-state index in [0.717, 1.165) is 18.3 Å². The van der Waals surface area contributed by atoms with Gasteiger partial charge in [0.2, 0.25) is 10.0 Å². The van der Waals surface area contributed by atoms with Crippen LogP contribution in [0.2, 0.25) is 0 Å². The number of halogens is 3. The second kappa shape index (κ2) is 8.52. The molecular weight excluding hydrogens is 461 g/mol. The fraction of sp³-hybridized carbons (Fsp3) is 0.238. The van der Waals surface area contributed by atoms with Crippen molar-refractivity contribution in [1.29, 1.82) is 0 Å². The first kappa shape index (κ1) is 22.8. The van der Waals surface area contributed by atoms with Crippen LogP contribution in [-0.2, 0) is 16.2 Å². The summed E-state index contributed by atoms with van der Waals surface area (Å²) in [6.45, 7) is 0.691. The number of para-hydroxylation sites is 1. The summed E-state index contributed by atoms with van der Waals surface area (Å²) >= 11 is 0. The second-order valence-electron chi connectivity index (χ2n) is 7.40. The van der Waals surface area contributed by atoms with Crippen molar-refractivity contribution in [1.82, 2.24) is 14.1 Å². The van der Waals surface area contributed by atoms with Crippen molar-refractivity contribution in [3.05, 3.63) is 66.0 Å². The second-order valence-corrected chi connectivity index (χ2v) is 9.33. The minimum absolute atomic E-state index is 0.102. The number of amides is 1. The van der Waals surface area contributed by atoms with Gasteiger partial charge in [0.25, 0.3) is 5.91 Å². The van der Waals surface area contributed by atoms with Gasteiger partial charge in [-0.2, -0.15) is 22.6 Å². The summed E-state index contributed by atoms with van der Waals surface area (Å²) in [6, 6.07) is 10.8. The summed E-state index contributed by atoms with van der Waals surface area (Å²) in [5, 5.41) is 16.0. The Labute approximate surface area is 187 Å². The number of carbonyl (C=O) groups excluding carboxylic acids is 1. The van der Waals surface area contributed by atoms with E-state index in [1.54, 1.807) is 6.07 Å². The molecule has 1 aliphatic rings. The number of anilines is 1. The van der Waals surface area contributed by atoms with E-state index in [1.165, 1.54) is 34.6 Å². The molecule has 2 heterocycles. The third kappa shape index (κ3) is 4.44. The molecule has 4 rings (SSSR count). The summed E-state index contributed by atoms with van der Waals surface area (Å²) in [6.07, 6.45) is -2.71.